The number of carbonyl (C=O) groups is 1. The van der Waals surface area contributed by atoms with Crippen molar-refractivity contribution in [3.8, 4) is 5.75 Å². The van der Waals surface area contributed by atoms with E-state index in [0.29, 0.717) is 23.1 Å². The zero-order chi connectivity index (χ0) is 19.0. The van der Waals surface area contributed by atoms with Crippen LogP contribution in [0.15, 0.2) is 48.5 Å². The van der Waals surface area contributed by atoms with Crippen LogP contribution in [0.1, 0.15) is 34.9 Å². The quantitative estimate of drug-likeness (QED) is 0.558. The van der Waals surface area contributed by atoms with Crippen LogP contribution in [0, 0.1) is 10.1 Å². The van der Waals surface area contributed by atoms with E-state index in [2.05, 4.69) is 4.98 Å². The van der Waals surface area contributed by atoms with E-state index in [1.165, 1.54) is 6.07 Å². The zero-order valence-corrected chi connectivity index (χ0v) is 14.8. The third-order valence-corrected chi connectivity index (χ3v) is 5.05. The summed E-state index contributed by atoms with van der Waals surface area (Å²) in [6, 6.07) is 14.2. The molecular weight excluding hydrogens is 346 g/mol. The summed E-state index contributed by atoms with van der Waals surface area (Å²) in [5, 5.41) is 11.9. The minimum absolute atomic E-state index is 0.0303. The van der Waals surface area contributed by atoms with Crippen LogP contribution >= 0.6 is 0 Å². The molecule has 2 heterocycles. The van der Waals surface area contributed by atoms with Crippen molar-refractivity contribution in [1.82, 2.24) is 9.88 Å². The lowest BCUT2D eigenvalue weighted by Crippen LogP contribution is -2.30. The molecule has 27 heavy (non-hydrogen) atoms. The minimum Gasteiger partial charge on any atom is -0.497 e. The zero-order valence-electron chi connectivity index (χ0n) is 14.8. The van der Waals surface area contributed by atoms with Crippen molar-refractivity contribution in [2.75, 3.05) is 13.7 Å². The minimum atomic E-state index is -0.442. The molecule has 1 aromatic heterocycles. The van der Waals surface area contributed by atoms with Crippen LogP contribution in [0.25, 0.3) is 10.9 Å². The number of rotatable bonds is 4. The van der Waals surface area contributed by atoms with E-state index >= 15 is 0 Å². The van der Waals surface area contributed by atoms with Gasteiger partial charge >= 0.3 is 0 Å². The van der Waals surface area contributed by atoms with Crippen LogP contribution in [-0.2, 0) is 0 Å². The van der Waals surface area contributed by atoms with Crippen LogP contribution in [0.2, 0.25) is 0 Å². The summed E-state index contributed by atoms with van der Waals surface area (Å²) in [5.74, 6) is 0.610. The predicted octanol–water partition coefficient (Wildman–Crippen LogP) is 4.06. The van der Waals surface area contributed by atoms with Crippen molar-refractivity contribution in [3.05, 3.63) is 69.9 Å². The molecule has 0 spiro atoms. The summed E-state index contributed by atoms with van der Waals surface area (Å²) in [5.41, 5.74) is 1.75. The maximum absolute atomic E-state index is 13.1. The topological polar surface area (TPSA) is 88.5 Å². The van der Waals surface area contributed by atoms with Crippen molar-refractivity contribution in [3.63, 3.8) is 0 Å². The number of H-pyrrole nitrogens is 1. The normalized spacial score (nSPS) is 16.6. The molecule has 0 radical (unpaired) electrons. The van der Waals surface area contributed by atoms with Gasteiger partial charge in [-0.3, -0.25) is 14.9 Å². The van der Waals surface area contributed by atoms with E-state index in [1.54, 1.807) is 25.3 Å². The van der Waals surface area contributed by atoms with Gasteiger partial charge in [-0.15, -0.1) is 0 Å². The van der Waals surface area contributed by atoms with Gasteiger partial charge < -0.3 is 14.6 Å². The van der Waals surface area contributed by atoms with Crippen molar-refractivity contribution < 1.29 is 14.5 Å². The molecule has 1 fully saturated rings. The number of methoxy groups -OCH3 is 1. The number of nitro groups is 1. The number of hydrogen-bond donors (Lipinski definition) is 1. The molecule has 1 amide bonds. The van der Waals surface area contributed by atoms with Gasteiger partial charge in [0, 0.05) is 18.0 Å². The second-order valence-corrected chi connectivity index (χ2v) is 6.61. The van der Waals surface area contributed by atoms with E-state index in [0.717, 1.165) is 24.2 Å². The first kappa shape index (κ1) is 17.1. The predicted molar refractivity (Wildman–Crippen MR) is 101 cm³/mol. The molecule has 2 aromatic carbocycles. The Morgan fingerprint density at radius 1 is 1.26 bits per heavy atom. The van der Waals surface area contributed by atoms with Crippen molar-refractivity contribution >= 4 is 22.5 Å². The van der Waals surface area contributed by atoms with Crippen molar-refractivity contribution in [2.45, 2.75) is 18.9 Å². The molecule has 0 aliphatic carbocycles. The third-order valence-electron chi connectivity index (χ3n) is 5.05. The Labute approximate surface area is 155 Å². The second kappa shape index (κ2) is 6.75. The number of amides is 1. The molecule has 7 heteroatoms. The van der Waals surface area contributed by atoms with Crippen LogP contribution in [0.5, 0.6) is 5.75 Å². The maximum Gasteiger partial charge on any atom is 0.293 e. The SMILES string of the molecule is COc1cccc(C2CCCN2C(=O)c2cc3cccc([N+](=O)[O-])c3[nH]2)c1. The van der Waals surface area contributed by atoms with Crippen LogP contribution in [-0.4, -0.2) is 34.4 Å². The summed E-state index contributed by atoms with van der Waals surface area (Å²) in [6.45, 7) is 0.651. The molecular formula is C20H19N3O4. The molecule has 1 saturated heterocycles. The van der Waals surface area contributed by atoms with Crippen LogP contribution in [0.4, 0.5) is 5.69 Å². The van der Waals surface area contributed by atoms with E-state index in [-0.39, 0.29) is 17.6 Å². The smallest absolute Gasteiger partial charge is 0.293 e. The van der Waals surface area contributed by atoms with Gasteiger partial charge in [0.2, 0.25) is 0 Å². The first-order valence-electron chi connectivity index (χ1n) is 8.79. The molecule has 138 valence electrons. The van der Waals surface area contributed by atoms with Crippen molar-refractivity contribution in [2.24, 2.45) is 0 Å². The van der Waals surface area contributed by atoms with Gasteiger partial charge in [-0.25, -0.2) is 0 Å². The number of hydrogen-bond acceptors (Lipinski definition) is 4. The molecule has 1 aliphatic heterocycles. The number of aromatic nitrogens is 1. The fourth-order valence-corrected chi connectivity index (χ4v) is 3.77. The highest BCUT2D eigenvalue weighted by molar-refractivity contribution is 6.00. The van der Waals surface area contributed by atoms with Gasteiger partial charge in [-0.1, -0.05) is 24.3 Å². The monoisotopic (exact) mass is 365 g/mol. The van der Waals surface area contributed by atoms with Crippen molar-refractivity contribution in [1.29, 1.82) is 0 Å². The molecule has 3 aromatic rings. The largest absolute Gasteiger partial charge is 0.497 e. The molecule has 0 saturated carbocycles. The number of likely N-dealkylation sites (tertiary alicyclic amines) is 1. The highest BCUT2D eigenvalue weighted by Crippen LogP contribution is 2.35. The van der Waals surface area contributed by atoms with Crippen LogP contribution < -0.4 is 4.74 Å². The molecule has 4 rings (SSSR count). The van der Waals surface area contributed by atoms with E-state index in [9.17, 15) is 14.9 Å². The molecule has 1 unspecified atom stereocenters. The van der Waals surface area contributed by atoms with Crippen LogP contribution in [0.3, 0.4) is 0 Å². The van der Waals surface area contributed by atoms with E-state index < -0.39 is 4.92 Å². The highest BCUT2D eigenvalue weighted by Gasteiger charge is 2.32. The van der Waals surface area contributed by atoms with E-state index in [1.807, 2.05) is 29.2 Å². The first-order chi connectivity index (χ1) is 13.1. The number of benzene rings is 2. The average Bonchev–Trinajstić information content (AvgIpc) is 3.34. The summed E-state index contributed by atoms with van der Waals surface area (Å²) in [7, 11) is 1.62. The van der Waals surface area contributed by atoms with Gasteiger partial charge in [-0.05, 0) is 36.6 Å². The summed E-state index contributed by atoms with van der Waals surface area (Å²) in [4.78, 5) is 28.7. The van der Waals surface area contributed by atoms with Gasteiger partial charge in [-0.2, -0.15) is 0 Å². The molecule has 7 nitrogen and oxygen atoms in total. The summed E-state index contributed by atoms with van der Waals surface area (Å²) in [6.07, 6.45) is 1.78. The number of aromatic amines is 1. The number of nitrogens with zero attached hydrogens (tertiary/aromatic N) is 2. The Bertz CT molecular complexity index is 1030. The summed E-state index contributed by atoms with van der Waals surface area (Å²) < 4.78 is 5.30. The fraction of sp³-hybridized carbons (Fsp3) is 0.250. The number of ether oxygens (including phenoxy) is 1. The van der Waals surface area contributed by atoms with Gasteiger partial charge in [0.05, 0.1) is 18.1 Å². The number of para-hydroxylation sites is 1. The Hall–Kier alpha value is -3.35. The lowest BCUT2D eigenvalue weighted by atomic mass is 10.0. The fourth-order valence-electron chi connectivity index (χ4n) is 3.77. The lowest BCUT2D eigenvalue weighted by Gasteiger charge is -2.25. The molecule has 0 bridgehead atoms. The molecule has 1 N–H and O–H groups in total. The Balaban J connectivity index is 1.68. The highest BCUT2D eigenvalue weighted by atomic mass is 16.6. The Morgan fingerprint density at radius 2 is 2.07 bits per heavy atom. The number of non-ortho nitro benzene ring substituents is 1. The van der Waals surface area contributed by atoms with Gasteiger partial charge in [0.1, 0.15) is 17.0 Å². The second-order valence-electron chi connectivity index (χ2n) is 6.61. The number of fused-ring (bicyclic) bond motifs is 1. The molecule has 1 aliphatic rings. The maximum atomic E-state index is 13.1. The van der Waals surface area contributed by atoms with E-state index in [4.69, 9.17) is 4.74 Å². The molecule has 1 atom stereocenters. The number of carbonyl (C=O) groups excluding carboxylic acids is 1. The van der Waals surface area contributed by atoms with Gasteiger partial charge in [0.15, 0.2) is 0 Å². The van der Waals surface area contributed by atoms with Gasteiger partial charge in [0.25, 0.3) is 11.6 Å². The number of nitrogens with one attached hydrogen (secondary N) is 1. The summed E-state index contributed by atoms with van der Waals surface area (Å²) >= 11 is 0. The Kier molecular flexibility index (Phi) is 4.27. The number of nitro benzene ring substituents is 1. The first-order valence-corrected chi connectivity index (χ1v) is 8.79. The standard InChI is InChI=1S/C20H19N3O4/c1-27-15-7-2-5-13(11-15)17-9-4-10-22(17)20(24)16-12-14-6-3-8-18(23(25)26)19(14)21-16/h2-3,5-8,11-12,17,21H,4,9-10H2,1H3. The third kappa shape index (κ3) is 3.01. The average molecular weight is 365 g/mol. The lowest BCUT2D eigenvalue weighted by molar-refractivity contribution is -0.383. The Morgan fingerprint density at radius 3 is 2.85 bits per heavy atom.